The zero-order valence-corrected chi connectivity index (χ0v) is 5.40. The maximum Gasteiger partial charge on any atom is 0.227 e. The molecular formula is C4H12N4O. The van der Waals surface area contributed by atoms with Crippen molar-refractivity contribution < 1.29 is 4.84 Å². The van der Waals surface area contributed by atoms with Crippen LogP contribution in [0.15, 0.2) is 0 Å². The Kier molecular flexibility index (Phi) is 4.85. The van der Waals surface area contributed by atoms with Crippen LogP contribution in [0, 0.1) is 5.41 Å². The predicted octanol–water partition coefficient (Wildman–Crippen LogP) is -0.684. The average molecular weight is 132 g/mol. The molecule has 0 aromatic heterocycles. The van der Waals surface area contributed by atoms with Crippen LogP contribution in [0.25, 0.3) is 0 Å². The smallest absolute Gasteiger partial charge is 0.227 e. The molecule has 0 saturated heterocycles. The van der Waals surface area contributed by atoms with Crippen molar-refractivity contribution in [3.8, 4) is 0 Å². The number of guanidine groups is 1. The first-order valence-corrected chi connectivity index (χ1v) is 2.74. The van der Waals surface area contributed by atoms with Gasteiger partial charge in [0.15, 0.2) is 0 Å². The molecule has 0 bridgehead atoms. The summed E-state index contributed by atoms with van der Waals surface area (Å²) in [6.07, 6.45) is 0.908. The zero-order valence-electron chi connectivity index (χ0n) is 5.40. The second-order valence-corrected chi connectivity index (χ2v) is 1.47. The molecule has 0 radical (unpaired) electrons. The Morgan fingerprint density at radius 2 is 2.44 bits per heavy atom. The summed E-state index contributed by atoms with van der Waals surface area (Å²) in [5.74, 6) is 4.80. The van der Waals surface area contributed by atoms with Crippen LogP contribution < -0.4 is 16.7 Å². The molecule has 0 atom stereocenters. The van der Waals surface area contributed by atoms with Crippen LogP contribution in [0.3, 0.4) is 0 Å². The minimum absolute atomic E-state index is 0.0385. The van der Waals surface area contributed by atoms with Crippen molar-refractivity contribution in [3.63, 3.8) is 0 Å². The molecule has 5 N–H and O–H groups in total. The zero-order chi connectivity index (χ0) is 7.11. The Balaban J connectivity index is 2.97. The van der Waals surface area contributed by atoms with E-state index in [2.05, 4.69) is 10.9 Å². The van der Waals surface area contributed by atoms with Crippen LogP contribution in [-0.4, -0.2) is 12.6 Å². The first kappa shape index (κ1) is 8.19. The van der Waals surface area contributed by atoms with Gasteiger partial charge in [-0.1, -0.05) is 6.92 Å². The second kappa shape index (κ2) is 5.33. The minimum Gasteiger partial charge on any atom is -0.293 e. The van der Waals surface area contributed by atoms with Crippen LogP contribution in [0.4, 0.5) is 0 Å². The van der Waals surface area contributed by atoms with Crippen molar-refractivity contribution in [3.05, 3.63) is 0 Å². The quantitative estimate of drug-likeness (QED) is 0.135. The van der Waals surface area contributed by atoms with Crippen LogP contribution >= 0.6 is 0 Å². The lowest BCUT2D eigenvalue weighted by molar-refractivity contribution is 0.0825. The molecule has 0 aromatic carbocycles. The maximum atomic E-state index is 6.84. The molecule has 0 aromatic rings. The molecule has 0 aliphatic heterocycles. The third-order valence-electron chi connectivity index (χ3n) is 0.625. The summed E-state index contributed by atoms with van der Waals surface area (Å²) in [7, 11) is 0. The minimum atomic E-state index is -0.0385. The van der Waals surface area contributed by atoms with Gasteiger partial charge in [-0.2, -0.15) is 0 Å². The highest BCUT2D eigenvalue weighted by molar-refractivity contribution is 5.74. The molecule has 9 heavy (non-hydrogen) atoms. The van der Waals surface area contributed by atoms with Gasteiger partial charge >= 0.3 is 0 Å². The Morgan fingerprint density at radius 1 is 1.78 bits per heavy atom. The standard InChI is InChI=1S/C4H12N4O/c1-2-3-9-8-4(5)7-6/h2-3,6H2,1H3,(H3,5,7,8). The number of hydroxylamine groups is 1. The molecule has 0 spiro atoms. The van der Waals surface area contributed by atoms with Crippen molar-refractivity contribution in [2.24, 2.45) is 5.84 Å². The van der Waals surface area contributed by atoms with E-state index in [0.717, 1.165) is 6.42 Å². The van der Waals surface area contributed by atoms with Gasteiger partial charge in [0.2, 0.25) is 5.96 Å². The van der Waals surface area contributed by atoms with Crippen LogP contribution in [0.1, 0.15) is 13.3 Å². The Labute approximate surface area is 54.0 Å². The van der Waals surface area contributed by atoms with Gasteiger partial charge in [-0.05, 0) is 6.42 Å². The first-order valence-electron chi connectivity index (χ1n) is 2.74. The van der Waals surface area contributed by atoms with Crippen LogP contribution in [0.5, 0.6) is 0 Å². The molecule has 5 nitrogen and oxygen atoms in total. The Hall–Kier alpha value is -0.810. The van der Waals surface area contributed by atoms with E-state index in [9.17, 15) is 0 Å². The van der Waals surface area contributed by atoms with Crippen molar-refractivity contribution in [1.29, 1.82) is 5.41 Å². The summed E-state index contributed by atoms with van der Waals surface area (Å²) >= 11 is 0. The van der Waals surface area contributed by atoms with Gasteiger partial charge in [0.25, 0.3) is 0 Å². The van der Waals surface area contributed by atoms with Gasteiger partial charge in [0.05, 0.1) is 6.61 Å². The van der Waals surface area contributed by atoms with Crippen molar-refractivity contribution in [2.75, 3.05) is 6.61 Å². The fourth-order valence-electron chi connectivity index (χ4n) is 0.255. The van der Waals surface area contributed by atoms with E-state index in [-0.39, 0.29) is 5.96 Å². The lowest BCUT2D eigenvalue weighted by Crippen LogP contribution is -2.40. The van der Waals surface area contributed by atoms with E-state index in [1.54, 1.807) is 0 Å². The van der Waals surface area contributed by atoms with Crippen LogP contribution in [0.2, 0.25) is 0 Å². The van der Waals surface area contributed by atoms with E-state index in [1.165, 1.54) is 0 Å². The number of hydrogen-bond donors (Lipinski definition) is 4. The second-order valence-electron chi connectivity index (χ2n) is 1.47. The average Bonchev–Trinajstić information content (AvgIpc) is 1.89. The highest BCUT2D eigenvalue weighted by Gasteiger charge is 1.86. The molecule has 54 valence electrons. The van der Waals surface area contributed by atoms with E-state index in [0.29, 0.717) is 6.61 Å². The molecule has 0 rings (SSSR count). The molecule has 0 aliphatic carbocycles. The lowest BCUT2D eigenvalue weighted by atomic mass is 10.5. The highest BCUT2D eigenvalue weighted by atomic mass is 16.6. The number of nitrogens with two attached hydrogens (primary N) is 1. The summed E-state index contributed by atoms with van der Waals surface area (Å²) in [5.41, 5.74) is 4.35. The van der Waals surface area contributed by atoms with Gasteiger partial charge in [0.1, 0.15) is 0 Å². The summed E-state index contributed by atoms with van der Waals surface area (Å²) < 4.78 is 0. The summed E-state index contributed by atoms with van der Waals surface area (Å²) in [6.45, 7) is 2.55. The van der Waals surface area contributed by atoms with Crippen LogP contribution in [-0.2, 0) is 4.84 Å². The van der Waals surface area contributed by atoms with Gasteiger partial charge in [0, 0.05) is 0 Å². The molecule has 0 fully saturated rings. The number of rotatable bonds is 3. The molecule has 0 unspecified atom stereocenters. The Morgan fingerprint density at radius 3 is 2.89 bits per heavy atom. The number of hydrogen-bond acceptors (Lipinski definition) is 3. The normalized spacial score (nSPS) is 8.67. The number of hydrazine groups is 1. The summed E-state index contributed by atoms with van der Waals surface area (Å²) in [5, 5.41) is 6.84. The van der Waals surface area contributed by atoms with E-state index in [4.69, 9.17) is 16.1 Å². The molecule has 0 aliphatic rings. The molecule has 0 heterocycles. The fraction of sp³-hybridized carbons (Fsp3) is 0.750. The van der Waals surface area contributed by atoms with Gasteiger partial charge < -0.3 is 0 Å². The van der Waals surface area contributed by atoms with Gasteiger partial charge in [-0.15, -0.1) is 0 Å². The summed E-state index contributed by atoms with van der Waals surface area (Å²) in [6, 6.07) is 0. The van der Waals surface area contributed by atoms with Gasteiger partial charge in [-0.25, -0.2) is 11.3 Å². The first-order chi connectivity index (χ1) is 4.31. The topological polar surface area (TPSA) is 83.2 Å². The molecule has 0 amide bonds. The third-order valence-corrected chi connectivity index (χ3v) is 0.625. The largest absolute Gasteiger partial charge is 0.293 e. The molecular weight excluding hydrogens is 120 g/mol. The van der Waals surface area contributed by atoms with Crippen molar-refractivity contribution >= 4 is 5.96 Å². The monoisotopic (exact) mass is 132 g/mol. The van der Waals surface area contributed by atoms with Gasteiger partial charge in [-0.3, -0.25) is 15.7 Å². The van der Waals surface area contributed by atoms with E-state index >= 15 is 0 Å². The molecule has 5 heteroatoms. The van der Waals surface area contributed by atoms with E-state index in [1.807, 2.05) is 6.92 Å². The highest BCUT2D eigenvalue weighted by Crippen LogP contribution is 1.72. The summed E-state index contributed by atoms with van der Waals surface area (Å²) in [4.78, 5) is 4.72. The van der Waals surface area contributed by atoms with Crippen molar-refractivity contribution in [1.82, 2.24) is 10.9 Å². The Bertz CT molecular complexity index is 84.6. The SMILES string of the molecule is CCCONC(=N)NN. The maximum absolute atomic E-state index is 6.84. The van der Waals surface area contributed by atoms with Crippen molar-refractivity contribution in [2.45, 2.75) is 13.3 Å². The molecule has 0 saturated carbocycles. The predicted molar refractivity (Wildman–Crippen MR) is 34.4 cm³/mol. The third kappa shape index (κ3) is 5.05. The lowest BCUT2D eigenvalue weighted by Gasteiger charge is -2.04. The fourth-order valence-corrected chi connectivity index (χ4v) is 0.255. The number of nitrogens with one attached hydrogen (secondary N) is 3. The van der Waals surface area contributed by atoms with E-state index < -0.39 is 0 Å².